The smallest absolute Gasteiger partial charge is 0.251 e. The largest absolute Gasteiger partial charge is 0.351 e. The molecule has 0 bridgehead atoms. The number of sulfonamides is 1. The van der Waals surface area contributed by atoms with Crippen LogP contribution in [-0.4, -0.2) is 37.6 Å². The molecule has 0 atom stereocenters. The Labute approximate surface area is 137 Å². The molecule has 0 aliphatic carbocycles. The Bertz CT molecular complexity index is 635. The second-order valence-corrected chi connectivity index (χ2v) is 9.74. The third-order valence-corrected chi connectivity index (χ3v) is 4.66. The molecule has 0 saturated heterocycles. The first-order valence-corrected chi connectivity index (χ1v) is 9.87. The molecular weight excluding hydrogens is 320 g/mol. The number of anilines is 1. The lowest BCUT2D eigenvalue weighted by molar-refractivity contribution is 0.0955. The molecule has 124 valence electrons. The summed E-state index contributed by atoms with van der Waals surface area (Å²) in [5.41, 5.74) is 1.53. The van der Waals surface area contributed by atoms with E-state index in [1.54, 1.807) is 36.9 Å². The van der Waals surface area contributed by atoms with Crippen molar-refractivity contribution in [3.8, 4) is 0 Å². The molecule has 1 rings (SSSR count). The molecule has 0 aliphatic heterocycles. The Kier molecular flexibility index (Phi) is 6.31. The highest BCUT2D eigenvalue weighted by molar-refractivity contribution is 8.00. The Hall–Kier alpha value is -1.21. The lowest BCUT2D eigenvalue weighted by Crippen LogP contribution is -2.27. The fraction of sp³-hybridized carbons (Fsp3) is 0.533. The maximum Gasteiger partial charge on any atom is 0.251 e. The van der Waals surface area contributed by atoms with Crippen molar-refractivity contribution in [2.75, 3.05) is 23.3 Å². The molecule has 7 heteroatoms. The molecule has 1 aromatic carbocycles. The molecule has 0 fully saturated rings. The van der Waals surface area contributed by atoms with Gasteiger partial charge in [-0.3, -0.25) is 9.52 Å². The van der Waals surface area contributed by atoms with E-state index in [4.69, 9.17) is 0 Å². The summed E-state index contributed by atoms with van der Waals surface area (Å²) in [4.78, 5) is 12.2. The van der Waals surface area contributed by atoms with Crippen molar-refractivity contribution < 1.29 is 13.2 Å². The van der Waals surface area contributed by atoms with Gasteiger partial charge in [0.25, 0.3) is 5.91 Å². The second-order valence-electron chi connectivity index (χ2n) is 6.07. The molecule has 0 aliphatic rings. The number of hydrogen-bond acceptors (Lipinski definition) is 4. The van der Waals surface area contributed by atoms with Gasteiger partial charge in [0.15, 0.2) is 0 Å². The van der Waals surface area contributed by atoms with E-state index < -0.39 is 10.0 Å². The molecule has 2 N–H and O–H groups in total. The number of rotatable bonds is 6. The van der Waals surface area contributed by atoms with E-state index in [0.29, 0.717) is 23.4 Å². The first-order chi connectivity index (χ1) is 9.99. The number of benzene rings is 1. The van der Waals surface area contributed by atoms with Gasteiger partial charge in [-0.2, -0.15) is 11.8 Å². The van der Waals surface area contributed by atoms with Crippen molar-refractivity contribution in [1.82, 2.24) is 5.32 Å². The van der Waals surface area contributed by atoms with Gasteiger partial charge < -0.3 is 5.32 Å². The third kappa shape index (κ3) is 6.70. The first kappa shape index (κ1) is 18.8. The van der Waals surface area contributed by atoms with Gasteiger partial charge in [0, 0.05) is 22.6 Å². The van der Waals surface area contributed by atoms with Gasteiger partial charge in [0.1, 0.15) is 0 Å². The van der Waals surface area contributed by atoms with Crippen LogP contribution in [0.4, 0.5) is 5.69 Å². The van der Waals surface area contributed by atoms with Crippen LogP contribution in [0, 0.1) is 6.92 Å². The SMILES string of the molecule is Cc1c(NS(C)(=O)=O)cccc1C(=O)NCCSC(C)(C)C. The van der Waals surface area contributed by atoms with E-state index >= 15 is 0 Å². The van der Waals surface area contributed by atoms with Gasteiger partial charge in [-0.15, -0.1) is 0 Å². The molecule has 0 heterocycles. The summed E-state index contributed by atoms with van der Waals surface area (Å²) in [6.45, 7) is 8.69. The lowest BCUT2D eigenvalue weighted by atomic mass is 10.1. The van der Waals surface area contributed by atoms with E-state index in [1.807, 2.05) is 0 Å². The summed E-state index contributed by atoms with van der Waals surface area (Å²) in [7, 11) is -3.36. The topological polar surface area (TPSA) is 75.3 Å². The summed E-state index contributed by atoms with van der Waals surface area (Å²) in [6, 6.07) is 5.00. The zero-order valence-corrected chi connectivity index (χ0v) is 15.3. The Morgan fingerprint density at radius 2 is 1.91 bits per heavy atom. The van der Waals surface area contributed by atoms with Crippen LogP contribution in [0.25, 0.3) is 0 Å². The first-order valence-electron chi connectivity index (χ1n) is 6.99. The Morgan fingerprint density at radius 3 is 2.45 bits per heavy atom. The Morgan fingerprint density at radius 1 is 1.27 bits per heavy atom. The summed E-state index contributed by atoms with van der Waals surface area (Å²) in [5, 5.41) is 2.87. The quantitative estimate of drug-likeness (QED) is 0.778. The minimum absolute atomic E-state index is 0.167. The summed E-state index contributed by atoms with van der Waals surface area (Å²) in [5.74, 6) is 0.638. The molecule has 0 radical (unpaired) electrons. The van der Waals surface area contributed by atoms with Gasteiger partial charge in [-0.05, 0) is 24.6 Å². The van der Waals surface area contributed by atoms with Crippen molar-refractivity contribution in [1.29, 1.82) is 0 Å². The Balaban J connectivity index is 2.72. The molecular formula is C15H24N2O3S2. The molecule has 0 spiro atoms. The maximum atomic E-state index is 12.2. The molecule has 22 heavy (non-hydrogen) atoms. The normalized spacial score (nSPS) is 12.0. The van der Waals surface area contributed by atoms with Crippen molar-refractivity contribution in [3.05, 3.63) is 29.3 Å². The van der Waals surface area contributed by atoms with Crippen molar-refractivity contribution in [2.24, 2.45) is 0 Å². The third-order valence-electron chi connectivity index (χ3n) is 2.80. The van der Waals surface area contributed by atoms with Crippen LogP contribution < -0.4 is 10.0 Å². The zero-order valence-electron chi connectivity index (χ0n) is 13.7. The highest BCUT2D eigenvalue weighted by Crippen LogP contribution is 2.22. The van der Waals surface area contributed by atoms with Crippen molar-refractivity contribution >= 4 is 33.4 Å². The van der Waals surface area contributed by atoms with Gasteiger partial charge in [-0.25, -0.2) is 8.42 Å². The predicted molar refractivity (Wildman–Crippen MR) is 94.2 cm³/mol. The molecule has 1 amide bonds. The average molecular weight is 345 g/mol. The highest BCUT2D eigenvalue weighted by atomic mass is 32.2. The molecule has 0 unspecified atom stereocenters. The van der Waals surface area contributed by atoms with Gasteiger partial charge in [-0.1, -0.05) is 26.8 Å². The fourth-order valence-corrected chi connectivity index (χ4v) is 3.25. The van der Waals surface area contributed by atoms with Crippen molar-refractivity contribution in [2.45, 2.75) is 32.4 Å². The van der Waals surface area contributed by atoms with E-state index in [2.05, 4.69) is 30.8 Å². The van der Waals surface area contributed by atoms with Crippen LogP contribution in [0.15, 0.2) is 18.2 Å². The van der Waals surface area contributed by atoms with E-state index in [1.165, 1.54) is 0 Å². The van der Waals surface area contributed by atoms with Gasteiger partial charge >= 0.3 is 0 Å². The number of carbonyl (C=O) groups is 1. The minimum Gasteiger partial charge on any atom is -0.351 e. The summed E-state index contributed by atoms with van der Waals surface area (Å²) in [6.07, 6.45) is 1.09. The number of amides is 1. The summed E-state index contributed by atoms with van der Waals surface area (Å²) >= 11 is 1.78. The van der Waals surface area contributed by atoms with Crippen molar-refractivity contribution in [3.63, 3.8) is 0 Å². The average Bonchev–Trinajstić information content (AvgIpc) is 2.34. The van der Waals surface area contributed by atoms with E-state index in [0.717, 1.165) is 12.0 Å². The molecule has 5 nitrogen and oxygen atoms in total. The molecule has 1 aromatic rings. The van der Waals surface area contributed by atoms with Crippen LogP contribution in [0.5, 0.6) is 0 Å². The number of carbonyl (C=O) groups excluding carboxylic acids is 1. The van der Waals surface area contributed by atoms with Gasteiger partial charge in [0.05, 0.1) is 11.9 Å². The number of hydrogen-bond donors (Lipinski definition) is 2. The standard InChI is InChI=1S/C15H24N2O3S2/c1-11-12(7-6-8-13(11)17-22(5,19)20)14(18)16-9-10-21-15(2,3)4/h6-8,17H,9-10H2,1-5H3,(H,16,18). The minimum atomic E-state index is -3.36. The van der Waals surface area contributed by atoms with E-state index in [-0.39, 0.29) is 10.7 Å². The monoisotopic (exact) mass is 344 g/mol. The zero-order chi connectivity index (χ0) is 17.0. The molecule has 0 aromatic heterocycles. The van der Waals surface area contributed by atoms with Crippen LogP contribution in [0.1, 0.15) is 36.7 Å². The second kappa shape index (κ2) is 7.37. The lowest BCUT2D eigenvalue weighted by Gasteiger charge is -2.17. The maximum absolute atomic E-state index is 12.2. The van der Waals surface area contributed by atoms with Gasteiger partial charge in [0.2, 0.25) is 10.0 Å². The van der Waals surface area contributed by atoms with Crippen LogP contribution in [0.3, 0.4) is 0 Å². The summed E-state index contributed by atoms with van der Waals surface area (Å²) < 4.78 is 25.2. The van der Waals surface area contributed by atoms with Crippen LogP contribution in [-0.2, 0) is 10.0 Å². The number of thioether (sulfide) groups is 1. The predicted octanol–water partition coefficient (Wildman–Crippen LogP) is 2.63. The van der Waals surface area contributed by atoms with Crippen LogP contribution in [0.2, 0.25) is 0 Å². The fourth-order valence-electron chi connectivity index (χ4n) is 1.81. The van der Waals surface area contributed by atoms with Crippen LogP contribution >= 0.6 is 11.8 Å². The molecule has 0 saturated carbocycles. The van der Waals surface area contributed by atoms with E-state index in [9.17, 15) is 13.2 Å². The highest BCUT2D eigenvalue weighted by Gasteiger charge is 2.14. The number of nitrogens with one attached hydrogen (secondary N) is 2.